The number of carbonyl (C=O) groups is 2. The van der Waals surface area contributed by atoms with Crippen molar-refractivity contribution in [1.29, 1.82) is 0 Å². The van der Waals surface area contributed by atoms with Gasteiger partial charge in [-0.15, -0.1) is 0 Å². The molecule has 2 atom stereocenters. The lowest BCUT2D eigenvalue weighted by atomic mass is 9.91. The van der Waals surface area contributed by atoms with Crippen LogP contribution in [0.5, 0.6) is 0 Å². The number of aliphatic carboxylic acids is 1. The Morgan fingerprint density at radius 2 is 2.17 bits per heavy atom. The summed E-state index contributed by atoms with van der Waals surface area (Å²) in [7, 11) is 0. The summed E-state index contributed by atoms with van der Waals surface area (Å²) >= 11 is 0. The van der Waals surface area contributed by atoms with Gasteiger partial charge in [-0.05, 0) is 42.4 Å². The molecule has 0 bridgehead atoms. The number of hydrogen-bond acceptors (Lipinski definition) is 3. The number of amides is 1. The van der Waals surface area contributed by atoms with E-state index in [1.54, 1.807) is 0 Å². The molecule has 1 aliphatic carbocycles. The second kappa shape index (κ2) is 7.18. The number of hydrogen-bond donors (Lipinski definition) is 2. The molecule has 1 aromatic carbocycles. The third kappa shape index (κ3) is 3.51. The van der Waals surface area contributed by atoms with Crippen molar-refractivity contribution < 1.29 is 19.8 Å². The molecule has 1 unspecified atom stereocenters. The van der Waals surface area contributed by atoms with Crippen LogP contribution < -0.4 is 0 Å². The van der Waals surface area contributed by atoms with Crippen molar-refractivity contribution in [3.8, 4) is 0 Å². The summed E-state index contributed by atoms with van der Waals surface area (Å²) in [5, 5.41) is 18.5. The Morgan fingerprint density at radius 1 is 1.33 bits per heavy atom. The number of likely N-dealkylation sites (tertiary alicyclic amines) is 1. The zero-order valence-corrected chi connectivity index (χ0v) is 13.6. The maximum atomic E-state index is 11.9. The van der Waals surface area contributed by atoms with E-state index in [1.807, 2.05) is 29.2 Å². The van der Waals surface area contributed by atoms with Gasteiger partial charge in [-0.25, -0.2) is 0 Å². The highest BCUT2D eigenvalue weighted by atomic mass is 16.4. The second-order valence-electron chi connectivity index (χ2n) is 6.54. The minimum atomic E-state index is -0.775. The van der Waals surface area contributed by atoms with Gasteiger partial charge in [0.15, 0.2) is 0 Å². The monoisotopic (exact) mass is 329 g/mol. The Kier molecular flexibility index (Phi) is 5.00. The molecular formula is C19H23NO4. The number of benzene rings is 1. The van der Waals surface area contributed by atoms with E-state index in [0.29, 0.717) is 19.4 Å². The molecule has 1 amide bonds. The van der Waals surface area contributed by atoms with Crippen molar-refractivity contribution in [3.63, 3.8) is 0 Å². The highest BCUT2D eigenvalue weighted by Crippen LogP contribution is 2.38. The van der Waals surface area contributed by atoms with Gasteiger partial charge in [0.25, 0.3) is 0 Å². The molecule has 24 heavy (non-hydrogen) atoms. The van der Waals surface area contributed by atoms with Crippen LogP contribution in [0.1, 0.15) is 60.9 Å². The Balaban J connectivity index is 1.56. The number of carboxylic acids is 1. The molecule has 1 aromatic rings. The number of aryl methyl sites for hydroxylation is 1. The van der Waals surface area contributed by atoms with Crippen LogP contribution in [0.25, 0.3) is 0 Å². The van der Waals surface area contributed by atoms with Gasteiger partial charge in [-0.1, -0.05) is 30.4 Å². The number of β-lactam (4-membered cyclic amide) rings is 1. The molecule has 5 nitrogen and oxygen atoms in total. The highest BCUT2D eigenvalue weighted by molar-refractivity contribution is 5.83. The molecule has 2 N–H and O–H groups in total. The lowest BCUT2D eigenvalue weighted by Crippen LogP contribution is -2.46. The molecule has 1 saturated heterocycles. The summed E-state index contributed by atoms with van der Waals surface area (Å²) in [5.41, 5.74) is 3.36. The molecule has 0 radical (unpaired) electrons. The number of rotatable bonds is 7. The number of unbranched alkanes of at least 4 members (excludes halogenated alkanes) is 1. The molecule has 1 heterocycles. The van der Waals surface area contributed by atoms with E-state index in [1.165, 1.54) is 5.56 Å². The molecule has 0 aromatic heterocycles. The lowest BCUT2D eigenvalue weighted by Gasteiger charge is -2.40. The fraction of sp³-hybridized carbons (Fsp3) is 0.474. The van der Waals surface area contributed by atoms with E-state index in [2.05, 4.69) is 6.07 Å². The third-order valence-electron chi connectivity index (χ3n) is 4.89. The fourth-order valence-corrected chi connectivity index (χ4v) is 3.48. The van der Waals surface area contributed by atoms with Crippen molar-refractivity contribution in [2.24, 2.45) is 0 Å². The molecule has 0 spiro atoms. The molecule has 1 fully saturated rings. The van der Waals surface area contributed by atoms with Crippen molar-refractivity contribution in [2.45, 2.75) is 50.7 Å². The van der Waals surface area contributed by atoms with Gasteiger partial charge in [0.2, 0.25) is 5.91 Å². The fourth-order valence-electron chi connectivity index (χ4n) is 3.48. The first kappa shape index (κ1) is 16.7. The summed E-state index contributed by atoms with van der Waals surface area (Å²) in [6.07, 6.45) is 7.28. The van der Waals surface area contributed by atoms with Crippen LogP contribution in [0.2, 0.25) is 0 Å². The van der Waals surface area contributed by atoms with Crippen LogP contribution in [0.3, 0.4) is 0 Å². The second-order valence-corrected chi connectivity index (χ2v) is 6.54. The van der Waals surface area contributed by atoms with Crippen LogP contribution in [-0.2, 0) is 16.0 Å². The smallest absolute Gasteiger partial charge is 0.303 e. The normalized spacial score (nSPS) is 22.7. The predicted octanol–water partition coefficient (Wildman–Crippen LogP) is 2.75. The highest BCUT2D eigenvalue weighted by Gasteiger charge is 2.36. The molecular weight excluding hydrogens is 306 g/mol. The van der Waals surface area contributed by atoms with Gasteiger partial charge in [0.1, 0.15) is 0 Å². The van der Waals surface area contributed by atoms with Crippen LogP contribution in [0.4, 0.5) is 0 Å². The van der Waals surface area contributed by atoms with Gasteiger partial charge in [-0.2, -0.15) is 0 Å². The maximum absolute atomic E-state index is 11.9. The van der Waals surface area contributed by atoms with Crippen molar-refractivity contribution in [2.75, 3.05) is 6.54 Å². The number of aliphatic hydroxyl groups is 1. The molecule has 1 aliphatic heterocycles. The number of carboxylic acid groups (broad SMARTS) is 1. The van der Waals surface area contributed by atoms with E-state index >= 15 is 0 Å². The van der Waals surface area contributed by atoms with Gasteiger partial charge >= 0.3 is 5.97 Å². The number of carbonyl (C=O) groups excluding carboxylic acids is 1. The molecule has 3 rings (SSSR count). The molecule has 5 heteroatoms. The summed E-state index contributed by atoms with van der Waals surface area (Å²) in [4.78, 5) is 24.2. The maximum Gasteiger partial charge on any atom is 0.303 e. The van der Waals surface area contributed by atoms with Crippen LogP contribution >= 0.6 is 0 Å². The van der Waals surface area contributed by atoms with Crippen molar-refractivity contribution >= 4 is 11.9 Å². The Morgan fingerprint density at radius 3 is 2.92 bits per heavy atom. The SMILES string of the molecule is O=C(O)CCCC=CCN1C(=O)C[C@@H]1c1ccc2c(c1)CCC2O. The number of allylic oxidation sites excluding steroid dienone is 1. The predicted molar refractivity (Wildman–Crippen MR) is 89.4 cm³/mol. The van der Waals surface area contributed by atoms with Gasteiger partial charge < -0.3 is 15.1 Å². The standard InChI is InChI=1S/C19H23NO4/c21-17-9-7-13-11-14(6-8-15(13)17)16-12-18(22)20(16)10-4-2-1-3-5-19(23)24/h2,4,6,8,11,16-17,21H,1,3,5,7,9-10,12H2,(H,23,24)/t16-,17?/m1/s1. The average molecular weight is 329 g/mol. The van der Waals surface area contributed by atoms with Gasteiger partial charge in [0, 0.05) is 13.0 Å². The third-order valence-corrected chi connectivity index (χ3v) is 4.89. The largest absolute Gasteiger partial charge is 0.481 e. The van der Waals surface area contributed by atoms with Gasteiger partial charge in [-0.3, -0.25) is 9.59 Å². The summed E-state index contributed by atoms with van der Waals surface area (Å²) in [6, 6.07) is 6.26. The summed E-state index contributed by atoms with van der Waals surface area (Å²) in [5.74, 6) is -0.626. The minimum absolute atomic E-state index is 0.115. The number of nitrogens with zero attached hydrogens (tertiary/aromatic N) is 1. The number of aliphatic hydroxyl groups excluding tert-OH is 1. The zero-order chi connectivity index (χ0) is 17.1. The van der Waals surface area contributed by atoms with Crippen molar-refractivity contribution in [3.05, 3.63) is 47.0 Å². The molecule has 0 saturated carbocycles. The van der Waals surface area contributed by atoms with E-state index in [9.17, 15) is 14.7 Å². The van der Waals surface area contributed by atoms with Gasteiger partial charge in [0.05, 0.1) is 18.6 Å². The Labute approximate surface area is 141 Å². The lowest BCUT2D eigenvalue weighted by molar-refractivity contribution is -0.145. The van der Waals surface area contributed by atoms with Crippen LogP contribution in [-0.4, -0.2) is 33.5 Å². The first-order valence-corrected chi connectivity index (χ1v) is 8.53. The average Bonchev–Trinajstić information content (AvgIpc) is 2.92. The summed E-state index contributed by atoms with van der Waals surface area (Å²) in [6.45, 7) is 0.566. The quantitative estimate of drug-likeness (QED) is 0.458. The van der Waals surface area contributed by atoms with E-state index in [-0.39, 0.29) is 24.5 Å². The Hall–Kier alpha value is -2.14. The topological polar surface area (TPSA) is 77.8 Å². The van der Waals surface area contributed by atoms with Crippen molar-refractivity contribution in [1.82, 2.24) is 4.90 Å². The first-order chi connectivity index (χ1) is 11.6. The van der Waals surface area contributed by atoms with E-state index in [4.69, 9.17) is 5.11 Å². The zero-order valence-electron chi connectivity index (χ0n) is 13.6. The van der Waals surface area contributed by atoms with E-state index in [0.717, 1.165) is 30.4 Å². The minimum Gasteiger partial charge on any atom is -0.481 e. The first-order valence-electron chi connectivity index (χ1n) is 8.53. The summed E-state index contributed by atoms with van der Waals surface area (Å²) < 4.78 is 0. The molecule has 2 aliphatic rings. The Bertz CT molecular complexity index is 667. The number of fused-ring (bicyclic) bond motifs is 1. The molecule has 128 valence electrons. The van der Waals surface area contributed by atoms with Crippen LogP contribution in [0.15, 0.2) is 30.4 Å². The van der Waals surface area contributed by atoms with Crippen LogP contribution in [0, 0.1) is 0 Å². The van der Waals surface area contributed by atoms with E-state index < -0.39 is 5.97 Å².